The van der Waals surface area contributed by atoms with Crippen molar-refractivity contribution in [2.45, 2.75) is 4.90 Å². The molecule has 2 N–H and O–H groups in total. The van der Waals surface area contributed by atoms with Gasteiger partial charge in [0.2, 0.25) is 0 Å². The van der Waals surface area contributed by atoms with E-state index in [1.807, 2.05) is 0 Å². The first-order valence-electron chi connectivity index (χ1n) is 5.50. The highest BCUT2D eigenvalue weighted by atomic mass is 32.2. The summed E-state index contributed by atoms with van der Waals surface area (Å²) in [5.41, 5.74) is 0.208. The molecule has 20 heavy (non-hydrogen) atoms. The van der Waals surface area contributed by atoms with Crippen LogP contribution in [-0.4, -0.2) is 19.5 Å². The Hall–Kier alpha value is -2.41. The van der Waals surface area contributed by atoms with Gasteiger partial charge in [-0.05, 0) is 48.5 Å². The van der Waals surface area contributed by atoms with Gasteiger partial charge in [-0.3, -0.25) is 4.72 Å². The van der Waals surface area contributed by atoms with Crippen LogP contribution < -0.4 is 4.72 Å². The molecule has 2 aromatic carbocycles. The molecule has 0 aliphatic carbocycles. The molecule has 0 heterocycles. The molecule has 0 bridgehead atoms. The molecular formula is C13H10FNO4S. The first kappa shape index (κ1) is 14.0. The lowest BCUT2D eigenvalue weighted by Crippen LogP contribution is -2.13. The van der Waals surface area contributed by atoms with E-state index in [0.717, 1.165) is 12.1 Å². The summed E-state index contributed by atoms with van der Waals surface area (Å²) in [6.07, 6.45) is 0. The van der Waals surface area contributed by atoms with Crippen molar-refractivity contribution in [1.82, 2.24) is 0 Å². The smallest absolute Gasteiger partial charge is 0.335 e. The first-order chi connectivity index (χ1) is 9.38. The zero-order valence-electron chi connectivity index (χ0n) is 10.1. The van der Waals surface area contributed by atoms with Gasteiger partial charge >= 0.3 is 5.97 Å². The predicted molar refractivity (Wildman–Crippen MR) is 70.6 cm³/mol. The second kappa shape index (κ2) is 5.30. The maximum Gasteiger partial charge on any atom is 0.335 e. The molecule has 0 spiro atoms. The van der Waals surface area contributed by atoms with Gasteiger partial charge in [0.15, 0.2) is 0 Å². The number of carbonyl (C=O) groups is 1. The average molecular weight is 295 g/mol. The van der Waals surface area contributed by atoms with Crippen LogP contribution in [0.3, 0.4) is 0 Å². The number of rotatable bonds is 4. The molecule has 0 fully saturated rings. The largest absolute Gasteiger partial charge is 0.478 e. The summed E-state index contributed by atoms with van der Waals surface area (Å²) in [4.78, 5) is 10.6. The van der Waals surface area contributed by atoms with Gasteiger partial charge in [0, 0.05) is 5.69 Å². The van der Waals surface area contributed by atoms with E-state index >= 15 is 0 Å². The highest BCUT2D eigenvalue weighted by Crippen LogP contribution is 2.17. The lowest BCUT2D eigenvalue weighted by Gasteiger charge is -2.08. The highest BCUT2D eigenvalue weighted by Gasteiger charge is 2.14. The maximum atomic E-state index is 12.7. The Labute approximate surface area is 114 Å². The number of halogens is 1. The van der Waals surface area contributed by atoms with Gasteiger partial charge < -0.3 is 5.11 Å². The average Bonchev–Trinajstić information content (AvgIpc) is 2.41. The van der Waals surface area contributed by atoms with E-state index in [-0.39, 0.29) is 16.1 Å². The highest BCUT2D eigenvalue weighted by molar-refractivity contribution is 7.92. The zero-order chi connectivity index (χ0) is 14.8. The topological polar surface area (TPSA) is 83.5 Å². The van der Waals surface area contributed by atoms with Crippen molar-refractivity contribution in [3.63, 3.8) is 0 Å². The minimum Gasteiger partial charge on any atom is -0.478 e. The number of hydrogen-bond acceptors (Lipinski definition) is 3. The van der Waals surface area contributed by atoms with E-state index in [1.165, 1.54) is 36.4 Å². The summed E-state index contributed by atoms with van der Waals surface area (Å²) in [6.45, 7) is 0. The first-order valence-corrected chi connectivity index (χ1v) is 6.98. The Kier molecular flexibility index (Phi) is 3.71. The van der Waals surface area contributed by atoms with E-state index in [0.29, 0.717) is 0 Å². The molecule has 0 amide bonds. The molecule has 2 rings (SSSR count). The Morgan fingerprint density at radius 1 is 1.00 bits per heavy atom. The van der Waals surface area contributed by atoms with Crippen molar-refractivity contribution in [3.05, 3.63) is 59.9 Å². The molecule has 0 atom stereocenters. The molecule has 0 saturated carbocycles. The van der Waals surface area contributed by atoms with Crippen LogP contribution in [0.2, 0.25) is 0 Å². The van der Waals surface area contributed by atoms with Crippen LogP contribution in [0.4, 0.5) is 10.1 Å². The molecule has 0 aliphatic rings. The molecule has 0 unspecified atom stereocenters. The number of anilines is 1. The Morgan fingerprint density at radius 3 is 2.05 bits per heavy atom. The van der Waals surface area contributed by atoms with Gasteiger partial charge in [0.1, 0.15) is 5.82 Å². The number of aromatic carboxylic acids is 1. The van der Waals surface area contributed by atoms with Crippen LogP contribution in [-0.2, 0) is 10.0 Å². The number of benzene rings is 2. The second-order valence-electron chi connectivity index (χ2n) is 3.94. The quantitative estimate of drug-likeness (QED) is 0.906. The number of sulfonamides is 1. The summed E-state index contributed by atoms with van der Waals surface area (Å²) in [5.74, 6) is -1.61. The van der Waals surface area contributed by atoms with E-state index < -0.39 is 21.8 Å². The van der Waals surface area contributed by atoms with E-state index in [2.05, 4.69) is 4.72 Å². The van der Waals surface area contributed by atoms with Gasteiger partial charge in [-0.25, -0.2) is 17.6 Å². The summed E-state index contributed by atoms with van der Waals surface area (Å²) >= 11 is 0. The van der Waals surface area contributed by atoms with Crippen LogP contribution >= 0.6 is 0 Å². The van der Waals surface area contributed by atoms with Crippen LogP contribution in [0.15, 0.2) is 53.4 Å². The molecule has 0 aliphatic heterocycles. The fourth-order valence-corrected chi connectivity index (χ4v) is 2.57. The standard InChI is InChI=1S/C13H10FNO4S/c14-10-3-5-11(6-4-10)15-20(18,19)12-7-1-9(2-8-12)13(16)17/h1-8,15H,(H,16,17). The van der Waals surface area contributed by atoms with E-state index in [4.69, 9.17) is 5.11 Å². The van der Waals surface area contributed by atoms with Gasteiger partial charge in [-0.2, -0.15) is 0 Å². The SMILES string of the molecule is O=C(O)c1ccc(S(=O)(=O)Nc2ccc(F)cc2)cc1. The van der Waals surface area contributed by atoms with Gasteiger partial charge in [0.25, 0.3) is 10.0 Å². The van der Waals surface area contributed by atoms with Crippen LogP contribution in [0, 0.1) is 5.82 Å². The number of hydrogen-bond donors (Lipinski definition) is 2. The third kappa shape index (κ3) is 3.12. The van der Waals surface area contributed by atoms with E-state index in [1.54, 1.807) is 0 Å². The fourth-order valence-electron chi connectivity index (χ4n) is 1.51. The number of nitrogens with one attached hydrogen (secondary N) is 1. The van der Waals surface area contributed by atoms with E-state index in [9.17, 15) is 17.6 Å². The van der Waals surface area contributed by atoms with Crippen molar-refractivity contribution in [3.8, 4) is 0 Å². The third-order valence-corrected chi connectivity index (χ3v) is 3.91. The Balaban J connectivity index is 2.26. The van der Waals surface area contributed by atoms with Crippen molar-refractivity contribution >= 4 is 21.7 Å². The van der Waals surface area contributed by atoms with Crippen LogP contribution in [0.1, 0.15) is 10.4 Å². The zero-order valence-corrected chi connectivity index (χ0v) is 10.9. The minimum absolute atomic E-state index is 0.00858. The van der Waals surface area contributed by atoms with Gasteiger partial charge in [0.05, 0.1) is 10.5 Å². The third-order valence-electron chi connectivity index (χ3n) is 2.51. The van der Waals surface area contributed by atoms with Gasteiger partial charge in [-0.15, -0.1) is 0 Å². The normalized spacial score (nSPS) is 11.1. The lowest BCUT2D eigenvalue weighted by atomic mass is 10.2. The molecular weight excluding hydrogens is 285 g/mol. The molecule has 5 nitrogen and oxygen atoms in total. The summed E-state index contributed by atoms with van der Waals surface area (Å²) in [7, 11) is -3.83. The minimum atomic E-state index is -3.83. The summed E-state index contributed by atoms with van der Waals surface area (Å²) in [6, 6.07) is 9.61. The van der Waals surface area contributed by atoms with Crippen LogP contribution in [0.5, 0.6) is 0 Å². The predicted octanol–water partition coefficient (Wildman–Crippen LogP) is 2.32. The lowest BCUT2D eigenvalue weighted by molar-refractivity contribution is 0.0696. The van der Waals surface area contributed by atoms with Crippen molar-refractivity contribution in [2.24, 2.45) is 0 Å². The van der Waals surface area contributed by atoms with Crippen LogP contribution in [0.25, 0.3) is 0 Å². The number of carboxylic acids is 1. The Bertz CT molecular complexity index is 724. The fraction of sp³-hybridized carbons (Fsp3) is 0. The Morgan fingerprint density at radius 2 is 1.55 bits per heavy atom. The monoisotopic (exact) mass is 295 g/mol. The van der Waals surface area contributed by atoms with Gasteiger partial charge in [-0.1, -0.05) is 0 Å². The van der Waals surface area contributed by atoms with Crippen molar-refractivity contribution in [2.75, 3.05) is 4.72 Å². The van der Waals surface area contributed by atoms with Crippen molar-refractivity contribution < 1.29 is 22.7 Å². The molecule has 7 heteroatoms. The molecule has 0 radical (unpaired) electrons. The number of carboxylic acid groups (broad SMARTS) is 1. The molecule has 0 aromatic heterocycles. The summed E-state index contributed by atoms with van der Waals surface area (Å²) < 4.78 is 39.0. The summed E-state index contributed by atoms with van der Waals surface area (Å²) in [5, 5.41) is 8.74. The maximum absolute atomic E-state index is 12.7. The molecule has 104 valence electrons. The second-order valence-corrected chi connectivity index (χ2v) is 5.62. The molecule has 0 saturated heterocycles. The molecule has 2 aromatic rings. The van der Waals surface area contributed by atoms with Crippen molar-refractivity contribution in [1.29, 1.82) is 0 Å².